The minimum Gasteiger partial charge on any atom is -0.381 e. The lowest BCUT2D eigenvalue weighted by molar-refractivity contribution is 0.0662. The molecule has 0 bridgehead atoms. The summed E-state index contributed by atoms with van der Waals surface area (Å²) in [6.07, 6.45) is 8.61. The number of benzene rings is 1. The molecular formula is C30H36ClN7O3S. The molecule has 1 aromatic carbocycles. The summed E-state index contributed by atoms with van der Waals surface area (Å²) in [6.45, 7) is 8.59. The van der Waals surface area contributed by atoms with Crippen LogP contribution in [-0.2, 0) is 14.6 Å². The predicted octanol–water partition coefficient (Wildman–Crippen LogP) is 5.63. The van der Waals surface area contributed by atoms with E-state index in [2.05, 4.69) is 59.3 Å². The maximum atomic E-state index is 11.9. The molecule has 4 aromatic rings. The third kappa shape index (κ3) is 5.82. The van der Waals surface area contributed by atoms with E-state index >= 15 is 0 Å². The van der Waals surface area contributed by atoms with Gasteiger partial charge in [-0.05, 0) is 54.8 Å². The van der Waals surface area contributed by atoms with Gasteiger partial charge in [-0.3, -0.25) is 4.68 Å². The fourth-order valence-corrected chi connectivity index (χ4v) is 7.38. The molecule has 42 heavy (non-hydrogen) atoms. The van der Waals surface area contributed by atoms with Crippen molar-refractivity contribution >= 4 is 49.5 Å². The van der Waals surface area contributed by atoms with Crippen molar-refractivity contribution in [3.05, 3.63) is 53.6 Å². The number of nitrogens with one attached hydrogen (secondary N) is 1. The number of anilines is 3. The molecule has 1 N–H and O–H groups in total. The van der Waals surface area contributed by atoms with E-state index in [1.54, 1.807) is 12.3 Å². The van der Waals surface area contributed by atoms with Crippen LogP contribution in [0.1, 0.15) is 51.1 Å². The number of pyridine rings is 1. The van der Waals surface area contributed by atoms with Gasteiger partial charge in [0.15, 0.2) is 11.0 Å². The Morgan fingerprint density at radius 3 is 2.62 bits per heavy atom. The first-order chi connectivity index (χ1) is 20.1. The smallest absolute Gasteiger partial charge is 0.166 e. The van der Waals surface area contributed by atoms with E-state index in [1.165, 1.54) is 11.8 Å². The van der Waals surface area contributed by atoms with Crippen molar-refractivity contribution in [3.8, 4) is 11.4 Å². The SMILES string of the molecule is CC(C)c1ccc(N2C[C@H](CS(C)(=O)=O)[C@H]2C)c2cnc(Nc3ccnc(-c4cn(C5CCOCC5)nc4Cl)n3)cc12. The van der Waals surface area contributed by atoms with Gasteiger partial charge in [-0.25, -0.2) is 23.4 Å². The molecule has 0 radical (unpaired) electrons. The van der Waals surface area contributed by atoms with E-state index in [0.717, 1.165) is 29.3 Å². The number of hydrogen-bond donors (Lipinski definition) is 1. The van der Waals surface area contributed by atoms with Crippen LogP contribution < -0.4 is 10.2 Å². The number of nitrogens with zero attached hydrogens (tertiary/aromatic N) is 6. The number of fused-ring (bicyclic) bond motifs is 1. The van der Waals surface area contributed by atoms with Gasteiger partial charge in [0, 0.05) is 67.6 Å². The number of rotatable bonds is 8. The standard InChI is InChI=1S/C30H36ClN7O3S/c1-18(2)22-5-6-26(37-15-20(19(37)3)17-42(4,39)40)24-14-33-28(13-23(22)24)34-27-7-10-32-30(35-27)25-16-38(36-29(25)31)21-8-11-41-12-9-21/h5-7,10,13-14,16,18-21H,8-9,11-12,15,17H2,1-4H3,(H,32,33,34,35)/t19-,20-/m1/s1. The third-order valence-electron chi connectivity index (χ3n) is 8.37. The Bertz CT molecular complexity index is 1720. The second-order valence-electron chi connectivity index (χ2n) is 11.7. The number of aromatic nitrogens is 5. The molecule has 5 heterocycles. The molecule has 0 unspecified atom stereocenters. The van der Waals surface area contributed by atoms with Crippen molar-refractivity contribution in [2.24, 2.45) is 5.92 Å². The lowest BCUT2D eigenvalue weighted by atomic mass is 9.88. The monoisotopic (exact) mass is 609 g/mol. The summed E-state index contributed by atoms with van der Waals surface area (Å²) in [4.78, 5) is 16.2. The Balaban J connectivity index is 1.27. The Hall–Kier alpha value is -3.28. The molecule has 0 aliphatic carbocycles. The Morgan fingerprint density at radius 1 is 1.12 bits per heavy atom. The molecule has 0 saturated carbocycles. The average molecular weight is 610 g/mol. The summed E-state index contributed by atoms with van der Waals surface area (Å²) < 4.78 is 31.1. The summed E-state index contributed by atoms with van der Waals surface area (Å²) >= 11 is 6.52. The highest BCUT2D eigenvalue weighted by Crippen LogP contribution is 2.39. The van der Waals surface area contributed by atoms with Gasteiger partial charge >= 0.3 is 0 Å². The minimum atomic E-state index is -3.02. The van der Waals surface area contributed by atoms with Crippen LogP contribution in [0.15, 0.2) is 42.9 Å². The molecule has 2 fully saturated rings. The van der Waals surface area contributed by atoms with Crippen LogP contribution in [-0.4, -0.2) is 71.0 Å². The fraction of sp³-hybridized carbons (Fsp3) is 0.467. The lowest BCUT2D eigenvalue weighted by Crippen LogP contribution is -2.57. The summed E-state index contributed by atoms with van der Waals surface area (Å²) in [5.74, 6) is 2.40. The first-order valence-corrected chi connectivity index (χ1v) is 16.8. The van der Waals surface area contributed by atoms with E-state index in [-0.39, 0.29) is 23.8 Å². The number of sulfone groups is 1. The molecule has 12 heteroatoms. The topological polar surface area (TPSA) is 115 Å². The van der Waals surface area contributed by atoms with Gasteiger partial charge in [0.1, 0.15) is 21.5 Å². The van der Waals surface area contributed by atoms with Crippen molar-refractivity contribution in [1.29, 1.82) is 0 Å². The van der Waals surface area contributed by atoms with E-state index in [9.17, 15) is 8.42 Å². The minimum absolute atomic E-state index is 0.123. The van der Waals surface area contributed by atoms with Crippen LogP contribution in [0.4, 0.5) is 17.3 Å². The first-order valence-electron chi connectivity index (χ1n) is 14.4. The molecular weight excluding hydrogens is 574 g/mol. The number of hydrogen-bond acceptors (Lipinski definition) is 9. The molecule has 3 aromatic heterocycles. The van der Waals surface area contributed by atoms with Crippen molar-refractivity contribution in [2.75, 3.05) is 42.0 Å². The van der Waals surface area contributed by atoms with E-state index < -0.39 is 9.84 Å². The zero-order valence-corrected chi connectivity index (χ0v) is 25.9. The van der Waals surface area contributed by atoms with Gasteiger partial charge in [-0.15, -0.1) is 0 Å². The second kappa shape index (κ2) is 11.4. The average Bonchev–Trinajstić information content (AvgIpc) is 3.36. The molecule has 10 nitrogen and oxygen atoms in total. The van der Waals surface area contributed by atoms with Gasteiger partial charge < -0.3 is 15.0 Å². The van der Waals surface area contributed by atoms with Gasteiger partial charge in [-0.1, -0.05) is 31.5 Å². The van der Waals surface area contributed by atoms with Crippen LogP contribution in [0.3, 0.4) is 0 Å². The Morgan fingerprint density at radius 2 is 1.90 bits per heavy atom. The zero-order valence-electron chi connectivity index (χ0n) is 24.3. The second-order valence-corrected chi connectivity index (χ2v) is 14.3. The Kier molecular flexibility index (Phi) is 7.84. The van der Waals surface area contributed by atoms with Crippen molar-refractivity contribution in [3.63, 3.8) is 0 Å². The summed E-state index contributed by atoms with van der Waals surface area (Å²) in [6, 6.07) is 8.55. The first kappa shape index (κ1) is 28.8. The quantitative estimate of drug-likeness (QED) is 0.271. The summed E-state index contributed by atoms with van der Waals surface area (Å²) in [7, 11) is -3.02. The highest BCUT2D eigenvalue weighted by Gasteiger charge is 2.38. The van der Waals surface area contributed by atoms with Crippen molar-refractivity contribution < 1.29 is 13.2 Å². The normalized spacial score (nSPS) is 19.8. The van der Waals surface area contributed by atoms with Crippen molar-refractivity contribution in [2.45, 2.75) is 51.6 Å². The van der Waals surface area contributed by atoms with Gasteiger partial charge in [0.05, 0.1) is 17.4 Å². The molecule has 222 valence electrons. The molecule has 2 aliphatic rings. The number of halogens is 1. The molecule has 2 atom stereocenters. The van der Waals surface area contributed by atoms with Gasteiger partial charge in [-0.2, -0.15) is 5.10 Å². The van der Waals surface area contributed by atoms with Crippen LogP contribution in [0.25, 0.3) is 22.2 Å². The van der Waals surface area contributed by atoms with Crippen LogP contribution >= 0.6 is 11.6 Å². The number of ether oxygens (including phenoxy) is 1. The predicted molar refractivity (Wildman–Crippen MR) is 166 cm³/mol. The van der Waals surface area contributed by atoms with E-state index in [1.807, 2.05) is 17.1 Å². The maximum Gasteiger partial charge on any atom is 0.166 e. The maximum absolute atomic E-state index is 11.9. The summed E-state index contributed by atoms with van der Waals surface area (Å²) in [5, 5.41) is 10.4. The van der Waals surface area contributed by atoms with Crippen molar-refractivity contribution in [1.82, 2.24) is 24.7 Å². The molecule has 6 rings (SSSR count). The van der Waals surface area contributed by atoms with E-state index in [4.69, 9.17) is 26.3 Å². The molecule has 2 saturated heterocycles. The van der Waals surface area contributed by atoms with Gasteiger partial charge in [0.25, 0.3) is 0 Å². The summed E-state index contributed by atoms with van der Waals surface area (Å²) in [5.41, 5.74) is 2.98. The lowest BCUT2D eigenvalue weighted by Gasteiger charge is -2.48. The van der Waals surface area contributed by atoms with Gasteiger partial charge in [0.2, 0.25) is 0 Å². The third-order valence-corrected chi connectivity index (χ3v) is 9.68. The molecule has 2 aliphatic heterocycles. The van der Waals surface area contributed by atoms with Crippen LogP contribution in [0.5, 0.6) is 0 Å². The molecule has 0 spiro atoms. The highest BCUT2D eigenvalue weighted by molar-refractivity contribution is 7.90. The zero-order chi connectivity index (χ0) is 29.6. The Labute approximate surface area is 251 Å². The van der Waals surface area contributed by atoms with Crippen LogP contribution in [0.2, 0.25) is 5.15 Å². The molecule has 0 amide bonds. The van der Waals surface area contributed by atoms with Crippen LogP contribution in [0, 0.1) is 5.92 Å². The largest absolute Gasteiger partial charge is 0.381 e. The fourth-order valence-electron chi connectivity index (χ4n) is 6.00. The van der Waals surface area contributed by atoms with E-state index in [0.29, 0.717) is 53.9 Å². The highest BCUT2D eigenvalue weighted by atomic mass is 35.5.